The van der Waals surface area contributed by atoms with Crippen LogP contribution in [0.3, 0.4) is 0 Å². The fraction of sp³-hybridized carbons (Fsp3) is 0.500. The third-order valence-electron chi connectivity index (χ3n) is 3.00. The highest BCUT2D eigenvalue weighted by Crippen LogP contribution is 2.25. The number of alkyl halides is 1. The van der Waals surface area contributed by atoms with Crippen LogP contribution in [0.5, 0.6) is 0 Å². The highest BCUT2D eigenvalue weighted by atomic mass is 127. The number of nitrogens with one attached hydrogen (secondary N) is 1. The zero-order valence-electron chi connectivity index (χ0n) is 9.94. The number of hydrogen-bond donors (Lipinski definition) is 1. The molecule has 1 saturated heterocycles. The summed E-state index contributed by atoms with van der Waals surface area (Å²) in [4.78, 5) is 2.23. The van der Waals surface area contributed by atoms with Crippen molar-refractivity contribution >= 4 is 47.4 Å². The van der Waals surface area contributed by atoms with Crippen molar-refractivity contribution in [3.63, 3.8) is 0 Å². The van der Waals surface area contributed by atoms with Gasteiger partial charge in [0.2, 0.25) is 0 Å². The van der Waals surface area contributed by atoms with Crippen molar-refractivity contribution in [2.45, 2.75) is 6.04 Å². The lowest BCUT2D eigenvalue weighted by Crippen LogP contribution is -2.45. The van der Waals surface area contributed by atoms with Gasteiger partial charge in [0.05, 0.1) is 6.04 Å². The number of rotatable bonds is 3. The first-order chi connectivity index (χ1) is 7.83. The Morgan fingerprint density at radius 1 is 1.22 bits per heavy atom. The van der Waals surface area contributed by atoms with E-state index >= 15 is 0 Å². The minimum atomic E-state index is -0.306. The number of halogens is 4. The van der Waals surface area contributed by atoms with Crippen molar-refractivity contribution in [3.8, 4) is 0 Å². The number of hydrogen-bond acceptors (Lipinski definition) is 2. The fourth-order valence-electron chi connectivity index (χ4n) is 2.12. The van der Waals surface area contributed by atoms with Gasteiger partial charge in [-0.05, 0) is 34.2 Å². The van der Waals surface area contributed by atoms with Gasteiger partial charge in [-0.2, -0.15) is 0 Å². The van der Waals surface area contributed by atoms with Crippen LogP contribution in [0.25, 0.3) is 0 Å². The quantitative estimate of drug-likeness (QED) is 0.776. The second-order valence-corrected chi connectivity index (χ2v) is 5.14. The number of nitrogens with zero attached hydrogens (tertiary/aromatic N) is 1. The minimum absolute atomic E-state index is 0. The van der Waals surface area contributed by atoms with Crippen LogP contribution >= 0.6 is 47.4 Å². The Kier molecular flexibility index (Phi) is 9.51. The Labute approximate surface area is 134 Å². The molecule has 1 aliphatic heterocycles. The van der Waals surface area contributed by atoms with Gasteiger partial charge in [0, 0.05) is 29.7 Å². The van der Waals surface area contributed by atoms with Gasteiger partial charge in [0.1, 0.15) is 6.67 Å². The number of benzene rings is 1. The molecule has 0 radical (unpaired) electrons. The molecule has 0 aliphatic carbocycles. The first-order valence-electron chi connectivity index (χ1n) is 5.58. The van der Waals surface area contributed by atoms with E-state index in [4.69, 9.17) is 0 Å². The van der Waals surface area contributed by atoms with Crippen LogP contribution in [0.2, 0.25) is 0 Å². The second kappa shape index (κ2) is 9.31. The molecule has 2 rings (SSSR count). The van der Waals surface area contributed by atoms with Crippen molar-refractivity contribution in [2.24, 2.45) is 0 Å². The zero-order chi connectivity index (χ0) is 11.4. The molecular formula is C12H18Cl2FIN2. The van der Waals surface area contributed by atoms with Gasteiger partial charge in [-0.15, -0.1) is 24.8 Å². The Morgan fingerprint density at radius 3 is 2.39 bits per heavy atom. The van der Waals surface area contributed by atoms with E-state index in [2.05, 4.69) is 32.8 Å². The molecule has 1 N–H and O–H groups in total. The molecule has 1 heterocycles. The summed E-state index contributed by atoms with van der Waals surface area (Å²) in [6.45, 7) is 3.47. The van der Waals surface area contributed by atoms with E-state index in [1.807, 2.05) is 24.3 Å². The molecule has 0 unspecified atom stereocenters. The normalized spacial score (nSPS) is 17.4. The summed E-state index contributed by atoms with van der Waals surface area (Å²) in [6.07, 6.45) is 0. The lowest BCUT2D eigenvalue weighted by molar-refractivity contribution is 0.147. The van der Waals surface area contributed by atoms with Gasteiger partial charge < -0.3 is 5.32 Å². The molecule has 1 aliphatic rings. The molecule has 0 bridgehead atoms. The van der Waals surface area contributed by atoms with Crippen LogP contribution in [0.4, 0.5) is 4.39 Å². The van der Waals surface area contributed by atoms with Crippen LogP contribution in [0.15, 0.2) is 24.3 Å². The summed E-state index contributed by atoms with van der Waals surface area (Å²) in [5.74, 6) is 0. The third-order valence-corrected chi connectivity index (χ3v) is 3.99. The molecule has 18 heavy (non-hydrogen) atoms. The van der Waals surface area contributed by atoms with E-state index in [-0.39, 0.29) is 37.5 Å². The smallest absolute Gasteiger partial charge is 0.109 e. The van der Waals surface area contributed by atoms with Crippen molar-refractivity contribution in [1.82, 2.24) is 10.2 Å². The first kappa shape index (κ1) is 18.4. The molecule has 1 atom stereocenters. The first-order valence-corrected chi connectivity index (χ1v) is 6.66. The Balaban J connectivity index is 0.00000144. The fourth-order valence-corrected chi connectivity index (χ4v) is 2.86. The average Bonchev–Trinajstić information content (AvgIpc) is 2.34. The van der Waals surface area contributed by atoms with E-state index in [0.717, 1.165) is 35.3 Å². The molecular weight excluding hydrogens is 389 g/mol. The summed E-state index contributed by atoms with van der Waals surface area (Å²) < 4.78 is 14.4. The Bertz CT molecular complexity index is 349. The lowest BCUT2D eigenvalue weighted by atomic mass is 10.1. The van der Waals surface area contributed by atoms with Gasteiger partial charge >= 0.3 is 0 Å². The van der Waals surface area contributed by atoms with Crippen LogP contribution in [-0.2, 0) is 0 Å². The summed E-state index contributed by atoms with van der Waals surface area (Å²) in [5, 5.41) is 3.29. The third kappa shape index (κ3) is 4.49. The summed E-state index contributed by atoms with van der Waals surface area (Å²) in [6, 6.07) is 7.99. The molecule has 0 saturated carbocycles. The van der Waals surface area contributed by atoms with Crippen molar-refractivity contribution in [1.29, 1.82) is 0 Å². The molecule has 1 aromatic carbocycles. The van der Waals surface area contributed by atoms with Gasteiger partial charge in [-0.1, -0.05) is 18.2 Å². The summed E-state index contributed by atoms with van der Waals surface area (Å²) in [5.41, 5.74) is 1.12. The SMILES string of the molecule is Cl.Cl.FC[C@@H](c1ccccc1I)N1CCNCC1. The summed E-state index contributed by atoms with van der Waals surface area (Å²) >= 11 is 2.29. The van der Waals surface area contributed by atoms with Gasteiger partial charge in [0.15, 0.2) is 0 Å². The van der Waals surface area contributed by atoms with Crippen molar-refractivity contribution < 1.29 is 4.39 Å². The molecule has 0 spiro atoms. The molecule has 6 heteroatoms. The molecule has 0 amide bonds. The van der Waals surface area contributed by atoms with E-state index in [1.165, 1.54) is 0 Å². The van der Waals surface area contributed by atoms with E-state index in [0.29, 0.717) is 0 Å². The molecule has 1 aromatic rings. The van der Waals surface area contributed by atoms with Crippen LogP contribution < -0.4 is 5.32 Å². The lowest BCUT2D eigenvalue weighted by Gasteiger charge is -2.34. The average molecular weight is 407 g/mol. The number of piperazine rings is 1. The second-order valence-electron chi connectivity index (χ2n) is 3.98. The highest BCUT2D eigenvalue weighted by Gasteiger charge is 2.23. The maximum Gasteiger partial charge on any atom is 0.109 e. The highest BCUT2D eigenvalue weighted by molar-refractivity contribution is 14.1. The predicted octanol–water partition coefficient (Wildman–Crippen LogP) is 3.05. The Morgan fingerprint density at radius 2 is 1.83 bits per heavy atom. The van der Waals surface area contributed by atoms with Crippen molar-refractivity contribution in [2.75, 3.05) is 32.9 Å². The molecule has 0 aromatic heterocycles. The largest absolute Gasteiger partial charge is 0.314 e. The van der Waals surface area contributed by atoms with Crippen LogP contribution in [0, 0.1) is 3.57 Å². The minimum Gasteiger partial charge on any atom is -0.314 e. The zero-order valence-corrected chi connectivity index (χ0v) is 13.7. The van der Waals surface area contributed by atoms with Crippen molar-refractivity contribution in [3.05, 3.63) is 33.4 Å². The topological polar surface area (TPSA) is 15.3 Å². The summed E-state index contributed by atoms with van der Waals surface area (Å²) in [7, 11) is 0. The molecule has 1 fully saturated rings. The maximum absolute atomic E-state index is 13.2. The maximum atomic E-state index is 13.2. The van der Waals surface area contributed by atoms with Gasteiger partial charge in [-0.25, -0.2) is 4.39 Å². The monoisotopic (exact) mass is 406 g/mol. The van der Waals surface area contributed by atoms with E-state index in [1.54, 1.807) is 0 Å². The standard InChI is InChI=1S/C12H16FIN2.2ClH/c13-9-12(16-7-5-15-6-8-16)10-3-1-2-4-11(10)14;;/h1-4,12,15H,5-9H2;2*1H/t12-;;/m0../s1. The van der Waals surface area contributed by atoms with E-state index < -0.39 is 0 Å². The van der Waals surface area contributed by atoms with Gasteiger partial charge in [0.25, 0.3) is 0 Å². The van der Waals surface area contributed by atoms with Crippen LogP contribution in [0.1, 0.15) is 11.6 Å². The predicted molar refractivity (Wildman–Crippen MR) is 86.8 cm³/mol. The molecule has 104 valence electrons. The van der Waals surface area contributed by atoms with Crippen LogP contribution in [-0.4, -0.2) is 37.8 Å². The van der Waals surface area contributed by atoms with Gasteiger partial charge in [-0.3, -0.25) is 4.90 Å². The van der Waals surface area contributed by atoms with E-state index in [9.17, 15) is 4.39 Å². The molecule has 2 nitrogen and oxygen atoms in total. The Hall–Kier alpha value is 0.380.